The van der Waals surface area contributed by atoms with Crippen LogP contribution in [0.2, 0.25) is 0 Å². The maximum Gasteiger partial charge on any atom is 0.259 e. The first-order valence-corrected chi connectivity index (χ1v) is 10.2. The van der Waals surface area contributed by atoms with Gasteiger partial charge in [-0.2, -0.15) is 0 Å². The van der Waals surface area contributed by atoms with Gasteiger partial charge in [0.25, 0.3) is 5.91 Å². The third-order valence-electron chi connectivity index (χ3n) is 4.61. The molecule has 150 valence electrons. The van der Waals surface area contributed by atoms with Crippen LogP contribution >= 0.6 is 11.3 Å². The number of anilines is 1. The zero-order chi connectivity index (χ0) is 21.1. The van der Waals surface area contributed by atoms with Gasteiger partial charge >= 0.3 is 0 Å². The number of ether oxygens (including phenoxy) is 1. The molecular weight excluding hydrogens is 396 g/mol. The Labute approximate surface area is 178 Å². The third-order valence-corrected chi connectivity index (χ3v) is 5.38. The first-order chi connectivity index (χ1) is 14.5. The number of rotatable bonds is 5. The first kappa shape index (κ1) is 19.7. The molecule has 0 saturated heterocycles. The molecule has 4 aromatic rings. The van der Waals surface area contributed by atoms with Gasteiger partial charge in [0.1, 0.15) is 5.75 Å². The van der Waals surface area contributed by atoms with E-state index < -0.39 is 0 Å². The summed E-state index contributed by atoms with van der Waals surface area (Å²) < 4.78 is 5.18. The minimum Gasteiger partial charge on any atom is -0.497 e. The number of benzene rings is 2. The zero-order valence-electron chi connectivity index (χ0n) is 16.8. The zero-order valence-corrected chi connectivity index (χ0v) is 17.7. The molecule has 0 aliphatic heterocycles. The Hall–Kier alpha value is -3.58. The van der Waals surface area contributed by atoms with Crippen LogP contribution in [0, 0.1) is 13.8 Å². The van der Waals surface area contributed by atoms with Crippen molar-refractivity contribution in [1.29, 1.82) is 0 Å². The van der Waals surface area contributed by atoms with Gasteiger partial charge in [-0.3, -0.25) is 4.79 Å². The highest BCUT2D eigenvalue weighted by molar-refractivity contribution is 7.09. The second-order valence-electron chi connectivity index (χ2n) is 6.71. The van der Waals surface area contributed by atoms with Crippen LogP contribution in [-0.2, 0) is 0 Å². The van der Waals surface area contributed by atoms with Gasteiger partial charge in [0, 0.05) is 28.4 Å². The van der Waals surface area contributed by atoms with Crippen molar-refractivity contribution >= 4 is 22.9 Å². The van der Waals surface area contributed by atoms with Crippen molar-refractivity contribution in [3.05, 3.63) is 76.4 Å². The van der Waals surface area contributed by atoms with Crippen LogP contribution in [0.4, 0.5) is 5.69 Å². The van der Waals surface area contributed by atoms with Crippen molar-refractivity contribution < 1.29 is 9.53 Å². The minimum absolute atomic E-state index is 0.250. The summed E-state index contributed by atoms with van der Waals surface area (Å²) in [5.74, 6) is 1.08. The molecular formula is C23H20N4O2S. The monoisotopic (exact) mass is 416 g/mol. The predicted molar refractivity (Wildman–Crippen MR) is 119 cm³/mol. The molecule has 0 aliphatic rings. The maximum atomic E-state index is 12.8. The van der Waals surface area contributed by atoms with Crippen molar-refractivity contribution in [2.45, 2.75) is 13.8 Å². The lowest BCUT2D eigenvalue weighted by Crippen LogP contribution is -2.15. The molecule has 0 saturated carbocycles. The maximum absolute atomic E-state index is 12.8. The molecule has 30 heavy (non-hydrogen) atoms. The van der Waals surface area contributed by atoms with Gasteiger partial charge in [-0.15, -0.1) is 11.3 Å². The number of nitrogens with one attached hydrogen (secondary N) is 1. The highest BCUT2D eigenvalue weighted by Crippen LogP contribution is 2.25. The second-order valence-corrected chi connectivity index (χ2v) is 7.77. The number of aryl methyl sites for hydroxylation is 2. The van der Waals surface area contributed by atoms with Crippen molar-refractivity contribution in [3.63, 3.8) is 0 Å². The summed E-state index contributed by atoms with van der Waals surface area (Å²) in [4.78, 5) is 26.2. The number of amides is 1. The Balaban J connectivity index is 1.53. The summed E-state index contributed by atoms with van der Waals surface area (Å²) in [5.41, 5.74) is 4.46. The Bertz CT molecular complexity index is 1200. The Morgan fingerprint density at radius 1 is 1.03 bits per heavy atom. The van der Waals surface area contributed by atoms with Crippen molar-refractivity contribution in [1.82, 2.24) is 15.0 Å². The summed E-state index contributed by atoms with van der Waals surface area (Å²) >= 11 is 1.60. The topological polar surface area (TPSA) is 77.0 Å². The van der Waals surface area contributed by atoms with Crippen LogP contribution in [-0.4, -0.2) is 28.0 Å². The number of carbonyl (C=O) groups is 1. The number of nitrogens with zero attached hydrogens (tertiary/aromatic N) is 3. The van der Waals surface area contributed by atoms with Gasteiger partial charge in [0.05, 0.1) is 29.1 Å². The molecule has 6 nitrogen and oxygen atoms in total. The number of methoxy groups -OCH3 is 1. The molecule has 0 fully saturated rings. The largest absolute Gasteiger partial charge is 0.497 e. The fourth-order valence-corrected chi connectivity index (χ4v) is 3.64. The highest BCUT2D eigenvalue weighted by Gasteiger charge is 2.14. The van der Waals surface area contributed by atoms with Crippen LogP contribution < -0.4 is 10.1 Å². The first-order valence-electron chi connectivity index (χ1n) is 9.35. The Morgan fingerprint density at radius 2 is 1.83 bits per heavy atom. The fraction of sp³-hybridized carbons (Fsp3) is 0.130. The molecule has 4 rings (SSSR count). The van der Waals surface area contributed by atoms with Gasteiger partial charge in [-0.1, -0.05) is 12.1 Å². The van der Waals surface area contributed by atoms with E-state index in [0.29, 0.717) is 22.8 Å². The van der Waals surface area contributed by atoms with E-state index in [0.717, 1.165) is 27.6 Å². The van der Waals surface area contributed by atoms with Gasteiger partial charge < -0.3 is 10.1 Å². The molecule has 0 radical (unpaired) electrons. The van der Waals surface area contributed by atoms with Crippen molar-refractivity contribution in [2.75, 3.05) is 12.4 Å². The molecule has 7 heteroatoms. The van der Waals surface area contributed by atoms with Crippen LogP contribution in [0.1, 0.15) is 21.1 Å². The van der Waals surface area contributed by atoms with Gasteiger partial charge in [-0.25, -0.2) is 15.0 Å². The van der Waals surface area contributed by atoms with E-state index in [9.17, 15) is 4.79 Å². The Morgan fingerprint density at radius 3 is 2.50 bits per heavy atom. The number of carbonyl (C=O) groups excluding carboxylic acids is 1. The van der Waals surface area contributed by atoms with E-state index in [1.54, 1.807) is 31.6 Å². The summed E-state index contributed by atoms with van der Waals surface area (Å²) in [6, 6.07) is 15.1. The molecule has 1 N–H and O–H groups in total. The molecule has 0 atom stereocenters. The summed E-state index contributed by atoms with van der Waals surface area (Å²) in [5, 5.41) is 5.94. The van der Waals surface area contributed by atoms with E-state index in [1.165, 1.54) is 0 Å². The van der Waals surface area contributed by atoms with E-state index in [-0.39, 0.29) is 5.91 Å². The predicted octanol–water partition coefficient (Wildman–Crippen LogP) is 5.14. The van der Waals surface area contributed by atoms with Crippen molar-refractivity contribution in [3.8, 4) is 28.4 Å². The molecule has 0 unspecified atom stereocenters. The summed E-state index contributed by atoms with van der Waals surface area (Å²) in [6.07, 6.45) is 1.56. The number of aromatic nitrogens is 3. The standard InChI is InChI=1S/C23H20N4O2S/c1-14-20(12-24-22(25-14)16-7-9-19(29-3)10-8-16)23(28)27-18-6-4-5-17(11-18)21-13-30-15(2)26-21/h4-13H,1-3H3,(H,27,28). The average molecular weight is 417 g/mol. The molecule has 2 aromatic carbocycles. The average Bonchev–Trinajstić information content (AvgIpc) is 3.20. The van der Waals surface area contributed by atoms with E-state index in [4.69, 9.17) is 4.74 Å². The SMILES string of the molecule is COc1ccc(-c2ncc(C(=O)Nc3cccc(-c4csc(C)n4)c3)c(C)n2)cc1. The van der Waals surface area contributed by atoms with E-state index in [1.807, 2.05) is 60.8 Å². The third kappa shape index (κ3) is 4.21. The van der Waals surface area contributed by atoms with Crippen LogP contribution in [0.15, 0.2) is 60.1 Å². The second kappa shape index (κ2) is 8.42. The van der Waals surface area contributed by atoms with Gasteiger partial charge in [-0.05, 0) is 50.2 Å². The molecule has 0 spiro atoms. The van der Waals surface area contributed by atoms with Crippen LogP contribution in [0.25, 0.3) is 22.6 Å². The normalized spacial score (nSPS) is 10.6. The summed E-state index contributed by atoms with van der Waals surface area (Å²) in [7, 11) is 1.62. The van der Waals surface area contributed by atoms with E-state index in [2.05, 4.69) is 20.3 Å². The fourth-order valence-electron chi connectivity index (χ4n) is 3.02. The lowest BCUT2D eigenvalue weighted by atomic mass is 10.1. The molecule has 1 amide bonds. The Kier molecular flexibility index (Phi) is 5.54. The van der Waals surface area contributed by atoms with Crippen molar-refractivity contribution in [2.24, 2.45) is 0 Å². The number of thiazole rings is 1. The van der Waals surface area contributed by atoms with Gasteiger partial charge in [0.15, 0.2) is 5.82 Å². The number of hydrogen-bond donors (Lipinski definition) is 1. The quantitative estimate of drug-likeness (QED) is 0.487. The lowest BCUT2D eigenvalue weighted by molar-refractivity contribution is 0.102. The molecule has 2 aromatic heterocycles. The lowest BCUT2D eigenvalue weighted by Gasteiger charge is -2.09. The molecule has 2 heterocycles. The molecule has 0 aliphatic carbocycles. The minimum atomic E-state index is -0.250. The summed E-state index contributed by atoms with van der Waals surface area (Å²) in [6.45, 7) is 3.77. The molecule has 0 bridgehead atoms. The highest BCUT2D eigenvalue weighted by atomic mass is 32.1. The van der Waals surface area contributed by atoms with E-state index >= 15 is 0 Å². The van der Waals surface area contributed by atoms with Crippen LogP contribution in [0.5, 0.6) is 5.75 Å². The van der Waals surface area contributed by atoms with Gasteiger partial charge in [0.2, 0.25) is 0 Å². The number of hydrogen-bond acceptors (Lipinski definition) is 6. The smallest absolute Gasteiger partial charge is 0.259 e. The van der Waals surface area contributed by atoms with Crippen LogP contribution in [0.3, 0.4) is 0 Å².